The highest BCUT2D eigenvalue weighted by atomic mass is 127. The van der Waals surface area contributed by atoms with Crippen molar-refractivity contribution in [1.29, 1.82) is 0 Å². The second-order valence-corrected chi connectivity index (χ2v) is 5.53. The molecular weight excluding hydrogens is 438 g/mol. The van der Waals surface area contributed by atoms with Gasteiger partial charge in [-0.3, -0.25) is 4.99 Å². The smallest absolute Gasteiger partial charge is 0.409 e. The van der Waals surface area contributed by atoms with Crippen molar-refractivity contribution in [2.75, 3.05) is 46.4 Å². The van der Waals surface area contributed by atoms with Crippen LogP contribution >= 0.6 is 24.0 Å². The fraction of sp³-hybridized carbons (Fsp3) is 0.529. The summed E-state index contributed by atoms with van der Waals surface area (Å²) in [5, 5.41) is 3.30. The first-order chi connectivity index (χ1) is 11.6. The number of guanidine groups is 1. The molecule has 1 aromatic carbocycles. The predicted octanol–water partition coefficient (Wildman–Crippen LogP) is 2.34. The van der Waals surface area contributed by atoms with Crippen LogP contribution in [0.2, 0.25) is 0 Å². The van der Waals surface area contributed by atoms with Crippen molar-refractivity contribution in [2.24, 2.45) is 4.99 Å². The molecule has 1 fully saturated rings. The number of nitrogens with zero attached hydrogens (tertiary/aromatic N) is 3. The largest absolute Gasteiger partial charge is 0.450 e. The van der Waals surface area contributed by atoms with Crippen molar-refractivity contribution in [1.82, 2.24) is 15.1 Å². The number of rotatable bonds is 4. The van der Waals surface area contributed by atoms with Crippen molar-refractivity contribution >= 4 is 36.0 Å². The molecule has 0 bridgehead atoms. The van der Waals surface area contributed by atoms with Gasteiger partial charge >= 0.3 is 6.09 Å². The first-order valence-corrected chi connectivity index (χ1v) is 8.25. The molecule has 6 nitrogen and oxygen atoms in total. The molecule has 1 aliphatic heterocycles. The third-order valence-corrected chi connectivity index (χ3v) is 3.90. The molecule has 0 atom stereocenters. The normalized spacial score (nSPS) is 14.8. The number of carbonyl (C=O) groups is 1. The second kappa shape index (κ2) is 11.1. The Hall–Kier alpha value is -1.58. The molecule has 1 saturated heterocycles. The van der Waals surface area contributed by atoms with Crippen LogP contribution in [0.5, 0.6) is 0 Å². The Bertz CT molecular complexity index is 578. The Labute approximate surface area is 165 Å². The molecule has 140 valence electrons. The van der Waals surface area contributed by atoms with E-state index in [9.17, 15) is 9.18 Å². The number of aliphatic imine (C=N–C) groups is 1. The zero-order valence-electron chi connectivity index (χ0n) is 14.7. The van der Waals surface area contributed by atoms with E-state index in [0.717, 1.165) is 17.9 Å². The first-order valence-electron chi connectivity index (χ1n) is 8.25. The molecule has 1 aromatic rings. The summed E-state index contributed by atoms with van der Waals surface area (Å²) in [7, 11) is 1.74. The summed E-state index contributed by atoms with van der Waals surface area (Å²) in [6.07, 6.45) is 0.464. The highest BCUT2D eigenvalue weighted by Crippen LogP contribution is 2.06. The minimum absolute atomic E-state index is 0. The lowest BCUT2D eigenvalue weighted by Crippen LogP contribution is -2.54. The van der Waals surface area contributed by atoms with E-state index in [1.807, 2.05) is 6.07 Å². The maximum absolute atomic E-state index is 13.2. The van der Waals surface area contributed by atoms with Gasteiger partial charge in [0.25, 0.3) is 0 Å². The van der Waals surface area contributed by atoms with E-state index < -0.39 is 0 Å². The van der Waals surface area contributed by atoms with Gasteiger partial charge in [0.1, 0.15) is 5.82 Å². The molecule has 2 rings (SSSR count). The van der Waals surface area contributed by atoms with Crippen molar-refractivity contribution in [3.8, 4) is 0 Å². The third-order valence-electron chi connectivity index (χ3n) is 3.90. The van der Waals surface area contributed by atoms with Crippen molar-refractivity contribution < 1.29 is 13.9 Å². The Morgan fingerprint density at radius 1 is 1.28 bits per heavy atom. The lowest BCUT2D eigenvalue weighted by Gasteiger charge is -2.35. The topological polar surface area (TPSA) is 57.2 Å². The van der Waals surface area contributed by atoms with Crippen LogP contribution in [0, 0.1) is 5.82 Å². The van der Waals surface area contributed by atoms with Crippen LogP contribution in [0.25, 0.3) is 0 Å². The highest BCUT2D eigenvalue weighted by molar-refractivity contribution is 14.0. The molecule has 0 radical (unpaired) electrons. The van der Waals surface area contributed by atoms with E-state index in [1.165, 1.54) is 6.07 Å². The standard InChI is InChI=1S/C17H25FN4O2.HI/c1-3-24-17(23)22-11-9-21(10-12-22)16(19-2)20-8-7-14-5-4-6-15(18)13-14;/h4-6,13H,3,7-12H2,1-2H3,(H,19,20);1H. The van der Waals surface area contributed by atoms with Crippen molar-refractivity contribution in [2.45, 2.75) is 13.3 Å². The van der Waals surface area contributed by atoms with E-state index in [1.54, 1.807) is 31.0 Å². The van der Waals surface area contributed by atoms with Gasteiger partial charge in [-0.15, -0.1) is 24.0 Å². The zero-order valence-corrected chi connectivity index (χ0v) is 17.0. The number of amides is 1. The molecule has 0 aromatic heterocycles. The monoisotopic (exact) mass is 464 g/mol. The number of benzene rings is 1. The minimum atomic E-state index is -0.258. The van der Waals surface area contributed by atoms with Crippen LogP contribution < -0.4 is 5.32 Å². The molecule has 1 amide bonds. The van der Waals surface area contributed by atoms with E-state index in [0.29, 0.717) is 39.3 Å². The molecule has 0 saturated carbocycles. The minimum Gasteiger partial charge on any atom is -0.450 e. The SMILES string of the molecule is CCOC(=O)N1CCN(C(=NC)NCCc2cccc(F)c2)CC1.I. The van der Waals surface area contributed by atoms with Crippen LogP contribution in [-0.2, 0) is 11.2 Å². The number of carbonyl (C=O) groups excluding carboxylic acids is 1. The van der Waals surface area contributed by atoms with Crippen molar-refractivity contribution in [3.63, 3.8) is 0 Å². The molecule has 25 heavy (non-hydrogen) atoms. The summed E-state index contributed by atoms with van der Waals surface area (Å²) in [6.45, 7) is 5.51. The van der Waals surface area contributed by atoms with Gasteiger partial charge in [0, 0.05) is 39.8 Å². The van der Waals surface area contributed by atoms with E-state index in [2.05, 4.69) is 15.2 Å². The summed E-state index contributed by atoms with van der Waals surface area (Å²) in [5.41, 5.74) is 0.949. The average Bonchev–Trinajstić information content (AvgIpc) is 2.59. The third kappa shape index (κ3) is 6.68. The number of hydrogen-bond donors (Lipinski definition) is 1. The Morgan fingerprint density at radius 3 is 2.56 bits per heavy atom. The zero-order chi connectivity index (χ0) is 17.4. The molecule has 0 aliphatic carbocycles. The van der Waals surface area contributed by atoms with Gasteiger partial charge in [0.15, 0.2) is 5.96 Å². The summed E-state index contributed by atoms with van der Waals surface area (Å²) in [4.78, 5) is 19.8. The first kappa shape index (κ1) is 21.5. The molecule has 1 N–H and O–H groups in total. The van der Waals surface area contributed by atoms with Crippen LogP contribution in [0.4, 0.5) is 9.18 Å². The fourth-order valence-electron chi connectivity index (χ4n) is 2.66. The number of ether oxygens (including phenoxy) is 1. The molecular formula is C17H26FIN4O2. The number of halogens is 2. The predicted molar refractivity (Wildman–Crippen MR) is 107 cm³/mol. The quantitative estimate of drug-likeness (QED) is 0.423. The summed E-state index contributed by atoms with van der Waals surface area (Å²) in [5.74, 6) is 0.585. The van der Waals surface area contributed by atoms with Gasteiger partial charge in [0.05, 0.1) is 6.61 Å². The van der Waals surface area contributed by atoms with Gasteiger partial charge < -0.3 is 19.9 Å². The number of nitrogens with one attached hydrogen (secondary N) is 1. The maximum atomic E-state index is 13.2. The molecule has 0 unspecified atom stereocenters. The molecule has 0 spiro atoms. The van der Waals surface area contributed by atoms with E-state index in [4.69, 9.17) is 4.74 Å². The van der Waals surface area contributed by atoms with Gasteiger partial charge in [-0.2, -0.15) is 0 Å². The number of hydrogen-bond acceptors (Lipinski definition) is 3. The van der Waals surface area contributed by atoms with Crippen LogP contribution in [0.3, 0.4) is 0 Å². The number of piperazine rings is 1. The highest BCUT2D eigenvalue weighted by Gasteiger charge is 2.23. The van der Waals surface area contributed by atoms with Gasteiger partial charge in [0.2, 0.25) is 0 Å². The molecule has 1 heterocycles. The average molecular weight is 464 g/mol. The lowest BCUT2D eigenvalue weighted by atomic mass is 10.1. The van der Waals surface area contributed by atoms with Gasteiger partial charge in [-0.1, -0.05) is 12.1 Å². The van der Waals surface area contributed by atoms with E-state index >= 15 is 0 Å². The lowest BCUT2D eigenvalue weighted by molar-refractivity contribution is 0.0915. The second-order valence-electron chi connectivity index (χ2n) is 5.53. The van der Waals surface area contributed by atoms with Crippen LogP contribution in [0.15, 0.2) is 29.3 Å². The molecule has 8 heteroatoms. The van der Waals surface area contributed by atoms with Gasteiger partial charge in [-0.05, 0) is 31.0 Å². The Morgan fingerprint density at radius 2 is 1.96 bits per heavy atom. The Kier molecular flexibility index (Phi) is 9.54. The van der Waals surface area contributed by atoms with Crippen molar-refractivity contribution in [3.05, 3.63) is 35.6 Å². The summed E-state index contributed by atoms with van der Waals surface area (Å²) < 4.78 is 18.2. The fourth-order valence-corrected chi connectivity index (χ4v) is 2.66. The summed E-state index contributed by atoms with van der Waals surface area (Å²) >= 11 is 0. The maximum Gasteiger partial charge on any atom is 0.409 e. The van der Waals surface area contributed by atoms with Gasteiger partial charge in [-0.25, -0.2) is 9.18 Å². The Balaban J connectivity index is 0.00000312. The molecule has 1 aliphatic rings. The van der Waals surface area contributed by atoms with E-state index in [-0.39, 0.29) is 35.9 Å². The van der Waals surface area contributed by atoms with Crippen LogP contribution in [-0.4, -0.2) is 68.2 Å². The van der Waals surface area contributed by atoms with Crippen LogP contribution in [0.1, 0.15) is 12.5 Å². The summed E-state index contributed by atoms with van der Waals surface area (Å²) in [6, 6.07) is 6.61.